The maximum atomic E-state index is 13.2. The van der Waals surface area contributed by atoms with Crippen LogP contribution >= 0.6 is 0 Å². The first-order valence-electron chi connectivity index (χ1n) is 10.00. The van der Waals surface area contributed by atoms with Crippen molar-refractivity contribution in [3.8, 4) is 11.8 Å². The maximum absolute atomic E-state index is 13.2. The van der Waals surface area contributed by atoms with Crippen molar-refractivity contribution in [3.05, 3.63) is 41.0 Å². The highest BCUT2D eigenvalue weighted by molar-refractivity contribution is 7.88. The molecule has 0 saturated heterocycles. The van der Waals surface area contributed by atoms with E-state index in [0.29, 0.717) is 6.42 Å². The standard InChI is InChI=1S/C22H24F3NO6S/c1-6-21(4,5)31-19(20(27)30-7-2)17-13(3)10-15-11-14(12-26)8-9-16(15)18(17)32-33(28,29)22(23,24)25/h8-11,19H,6-7H2,1-5H3/t19-/m0/s1. The molecule has 11 heteroatoms. The van der Waals surface area contributed by atoms with E-state index >= 15 is 0 Å². The molecule has 0 aliphatic carbocycles. The highest BCUT2D eigenvalue weighted by Crippen LogP contribution is 2.42. The van der Waals surface area contributed by atoms with Gasteiger partial charge in [0.2, 0.25) is 0 Å². The monoisotopic (exact) mass is 487 g/mol. The van der Waals surface area contributed by atoms with Crippen LogP contribution in [0.25, 0.3) is 10.8 Å². The third-order valence-corrected chi connectivity index (χ3v) is 5.95. The van der Waals surface area contributed by atoms with Crippen molar-refractivity contribution in [2.45, 2.75) is 58.3 Å². The molecule has 0 radical (unpaired) electrons. The van der Waals surface area contributed by atoms with Gasteiger partial charge in [-0.3, -0.25) is 0 Å². The summed E-state index contributed by atoms with van der Waals surface area (Å²) in [5, 5.41) is 9.35. The van der Waals surface area contributed by atoms with Crippen molar-refractivity contribution in [2.24, 2.45) is 0 Å². The Balaban J connectivity index is 2.92. The van der Waals surface area contributed by atoms with E-state index in [-0.39, 0.29) is 34.1 Å². The molecular formula is C22H24F3NO6S. The molecule has 0 saturated carbocycles. The fourth-order valence-electron chi connectivity index (χ4n) is 3.01. The minimum Gasteiger partial charge on any atom is -0.464 e. The first kappa shape index (κ1) is 26.4. The molecule has 2 rings (SSSR count). The second kappa shape index (κ2) is 9.57. The SMILES string of the molecule is CCOC(=O)[C@@H](OC(C)(C)CC)c1c(C)cc2cc(C#N)ccc2c1OS(=O)(=O)C(F)(F)F. The molecule has 0 aromatic heterocycles. The topological polar surface area (TPSA) is 103 Å². The van der Waals surface area contributed by atoms with Crippen LogP contribution in [0.15, 0.2) is 24.3 Å². The summed E-state index contributed by atoms with van der Waals surface area (Å²) >= 11 is 0. The Labute approximate surface area is 190 Å². The number of carbonyl (C=O) groups excluding carboxylic acids is 1. The van der Waals surface area contributed by atoms with Crippen molar-refractivity contribution >= 4 is 26.9 Å². The van der Waals surface area contributed by atoms with Gasteiger partial charge >= 0.3 is 21.6 Å². The van der Waals surface area contributed by atoms with E-state index in [1.54, 1.807) is 27.7 Å². The Kier molecular flexibility index (Phi) is 7.66. The first-order valence-corrected chi connectivity index (χ1v) is 11.4. The Morgan fingerprint density at radius 1 is 1.18 bits per heavy atom. The quantitative estimate of drug-likeness (QED) is 0.291. The predicted molar refractivity (Wildman–Crippen MR) is 114 cm³/mol. The number of carbonyl (C=O) groups is 1. The number of nitriles is 1. The number of hydrogen-bond donors (Lipinski definition) is 0. The largest absolute Gasteiger partial charge is 0.534 e. The second-order valence-corrected chi connectivity index (χ2v) is 9.37. The predicted octanol–water partition coefficient (Wildman–Crippen LogP) is 5.06. The van der Waals surface area contributed by atoms with Gasteiger partial charge in [-0.25, -0.2) is 4.79 Å². The molecule has 0 N–H and O–H groups in total. The van der Waals surface area contributed by atoms with E-state index in [1.165, 1.54) is 31.2 Å². The van der Waals surface area contributed by atoms with Gasteiger partial charge in [-0.2, -0.15) is 26.9 Å². The van der Waals surface area contributed by atoms with E-state index in [1.807, 2.05) is 6.07 Å². The summed E-state index contributed by atoms with van der Waals surface area (Å²) < 4.78 is 79.1. The van der Waals surface area contributed by atoms with Gasteiger partial charge in [0.25, 0.3) is 0 Å². The number of rotatable bonds is 8. The number of benzene rings is 2. The smallest absolute Gasteiger partial charge is 0.464 e. The number of ether oxygens (including phenoxy) is 2. The Morgan fingerprint density at radius 2 is 1.82 bits per heavy atom. The highest BCUT2D eigenvalue weighted by Gasteiger charge is 2.49. The second-order valence-electron chi connectivity index (χ2n) is 7.83. The lowest BCUT2D eigenvalue weighted by Gasteiger charge is -2.31. The van der Waals surface area contributed by atoms with Gasteiger partial charge in [0.05, 0.1) is 23.8 Å². The van der Waals surface area contributed by atoms with E-state index in [0.717, 1.165) is 0 Å². The van der Waals surface area contributed by atoms with Crippen molar-refractivity contribution < 1.29 is 40.0 Å². The molecule has 0 heterocycles. The van der Waals surface area contributed by atoms with Gasteiger partial charge in [0, 0.05) is 10.9 Å². The van der Waals surface area contributed by atoms with Crippen LogP contribution < -0.4 is 4.18 Å². The van der Waals surface area contributed by atoms with Gasteiger partial charge in [-0.15, -0.1) is 0 Å². The third kappa shape index (κ3) is 5.75. The summed E-state index contributed by atoms with van der Waals surface area (Å²) in [7, 11) is -6.09. The molecule has 7 nitrogen and oxygen atoms in total. The van der Waals surface area contributed by atoms with Gasteiger partial charge in [-0.1, -0.05) is 13.0 Å². The number of nitrogens with zero attached hydrogens (tertiary/aromatic N) is 1. The lowest BCUT2D eigenvalue weighted by atomic mass is 9.94. The molecular weight excluding hydrogens is 463 g/mol. The normalized spacial score (nSPS) is 13.4. The first-order chi connectivity index (χ1) is 15.2. The van der Waals surface area contributed by atoms with Crippen molar-refractivity contribution in [3.63, 3.8) is 0 Å². The number of alkyl halides is 3. The lowest BCUT2D eigenvalue weighted by molar-refractivity contribution is -0.168. The summed E-state index contributed by atoms with van der Waals surface area (Å²) in [6.45, 7) is 8.09. The molecule has 1 atom stereocenters. The summed E-state index contributed by atoms with van der Waals surface area (Å²) in [5.41, 5.74) is -6.42. The molecule has 0 aliphatic rings. The number of fused-ring (bicyclic) bond motifs is 1. The number of aryl methyl sites for hydroxylation is 1. The van der Waals surface area contributed by atoms with E-state index in [2.05, 4.69) is 4.18 Å². The van der Waals surface area contributed by atoms with E-state index in [9.17, 15) is 26.4 Å². The van der Waals surface area contributed by atoms with E-state index < -0.39 is 39.1 Å². The molecule has 0 amide bonds. The molecule has 180 valence electrons. The molecule has 2 aromatic carbocycles. The van der Waals surface area contributed by atoms with Crippen LogP contribution in [0.3, 0.4) is 0 Å². The molecule has 2 aromatic rings. The molecule has 0 fully saturated rings. The fraction of sp³-hybridized carbons (Fsp3) is 0.455. The average molecular weight is 487 g/mol. The van der Waals surface area contributed by atoms with Gasteiger partial charge in [0.15, 0.2) is 11.9 Å². The average Bonchev–Trinajstić information content (AvgIpc) is 2.71. The summed E-state index contributed by atoms with van der Waals surface area (Å²) in [5.74, 6) is -1.62. The number of hydrogen-bond acceptors (Lipinski definition) is 7. The minimum absolute atomic E-state index is 0.0412. The number of esters is 1. The summed E-state index contributed by atoms with van der Waals surface area (Å²) in [6, 6.07) is 7.33. The Hall–Kier alpha value is -2.84. The van der Waals surface area contributed by atoms with Crippen LogP contribution in [0.4, 0.5) is 13.2 Å². The fourth-order valence-corrected chi connectivity index (χ4v) is 3.50. The van der Waals surface area contributed by atoms with Crippen molar-refractivity contribution in [1.82, 2.24) is 0 Å². The zero-order valence-electron chi connectivity index (χ0n) is 18.7. The van der Waals surface area contributed by atoms with Crippen LogP contribution in [-0.2, 0) is 24.4 Å². The van der Waals surface area contributed by atoms with Crippen LogP contribution in [0.1, 0.15) is 56.9 Å². The molecule has 0 aliphatic heterocycles. The van der Waals surface area contributed by atoms with Gasteiger partial charge in [-0.05, 0) is 63.3 Å². The molecule has 0 bridgehead atoms. The number of halogens is 3. The van der Waals surface area contributed by atoms with Gasteiger partial charge in [0.1, 0.15) is 0 Å². The summed E-state index contributed by atoms with van der Waals surface area (Å²) in [4.78, 5) is 12.8. The van der Waals surface area contributed by atoms with Crippen LogP contribution in [0, 0.1) is 18.3 Å². The van der Waals surface area contributed by atoms with Crippen LogP contribution in [-0.4, -0.2) is 32.1 Å². The van der Waals surface area contributed by atoms with E-state index in [4.69, 9.17) is 14.7 Å². The Morgan fingerprint density at radius 3 is 2.33 bits per heavy atom. The molecule has 33 heavy (non-hydrogen) atoms. The summed E-state index contributed by atoms with van der Waals surface area (Å²) in [6.07, 6.45) is -1.14. The zero-order chi connectivity index (χ0) is 25.2. The molecule has 0 spiro atoms. The molecule has 0 unspecified atom stereocenters. The zero-order valence-corrected chi connectivity index (χ0v) is 19.6. The third-order valence-electron chi connectivity index (χ3n) is 4.99. The maximum Gasteiger partial charge on any atom is 0.534 e. The Bertz CT molecular complexity index is 1200. The van der Waals surface area contributed by atoms with Crippen LogP contribution in [0.5, 0.6) is 5.75 Å². The van der Waals surface area contributed by atoms with Gasteiger partial charge < -0.3 is 13.7 Å². The minimum atomic E-state index is -6.09. The lowest BCUT2D eigenvalue weighted by Crippen LogP contribution is -2.33. The van der Waals surface area contributed by atoms with Crippen molar-refractivity contribution in [1.29, 1.82) is 5.26 Å². The van der Waals surface area contributed by atoms with Crippen molar-refractivity contribution in [2.75, 3.05) is 6.61 Å². The highest BCUT2D eigenvalue weighted by atomic mass is 32.2. The van der Waals surface area contributed by atoms with Crippen LogP contribution in [0.2, 0.25) is 0 Å².